The quantitative estimate of drug-likeness (QED) is 0.690. The number of nitrogens with one attached hydrogen (secondary N) is 1. The number of hydrogen-bond acceptors (Lipinski definition) is 5. The summed E-state index contributed by atoms with van der Waals surface area (Å²) in [4.78, 5) is 15.2. The van der Waals surface area contributed by atoms with Crippen molar-refractivity contribution >= 4 is 23.8 Å². The molecule has 1 N–H and O–H groups in total. The van der Waals surface area contributed by atoms with Gasteiger partial charge < -0.3 is 14.4 Å². The first kappa shape index (κ1) is 16.3. The molecule has 0 spiro atoms. The summed E-state index contributed by atoms with van der Waals surface area (Å²) >= 11 is 5.22. The SMILES string of the molecule is O=C(c1ccc2n[nH]c(=S)n2c1)N1CCC[C@H]1c1cccc2c1OCCO2. The van der Waals surface area contributed by atoms with Crippen molar-refractivity contribution in [1.29, 1.82) is 0 Å². The summed E-state index contributed by atoms with van der Waals surface area (Å²) in [6, 6.07) is 9.46. The van der Waals surface area contributed by atoms with E-state index >= 15 is 0 Å². The molecule has 1 amide bonds. The molecule has 1 aromatic carbocycles. The molecule has 0 aliphatic carbocycles. The highest BCUT2D eigenvalue weighted by Crippen LogP contribution is 2.43. The van der Waals surface area contributed by atoms with Gasteiger partial charge in [0.25, 0.3) is 5.91 Å². The lowest BCUT2D eigenvalue weighted by Crippen LogP contribution is -2.31. The number of para-hydroxylation sites is 1. The Kier molecular flexibility index (Phi) is 3.86. The molecule has 3 aromatic rings. The maximum Gasteiger partial charge on any atom is 0.255 e. The molecule has 1 fully saturated rings. The Balaban J connectivity index is 1.51. The largest absolute Gasteiger partial charge is 0.486 e. The molecule has 27 heavy (non-hydrogen) atoms. The van der Waals surface area contributed by atoms with Gasteiger partial charge in [0.05, 0.1) is 11.6 Å². The van der Waals surface area contributed by atoms with Crippen LogP contribution in [-0.4, -0.2) is 45.2 Å². The zero-order valence-corrected chi connectivity index (χ0v) is 15.4. The first-order chi connectivity index (χ1) is 13.2. The minimum atomic E-state index is -0.0258. The van der Waals surface area contributed by atoms with Crippen LogP contribution in [0.4, 0.5) is 0 Å². The van der Waals surface area contributed by atoms with Crippen LogP contribution in [0.2, 0.25) is 0 Å². The second-order valence-corrected chi connectivity index (χ2v) is 7.09. The minimum absolute atomic E-state index is 0.0168. The van der Waals surface area contributed by atoms with Gasteiger partial charge in [-0.1, -0.05) is 12.1 Å². The molecule has 0 saturated carbocycles. The maximum absolute atomic E-state index is 13.3. The third-order valence-corrected chi connectivity index (χ3v) is 5.42. The summed E-state index contributed by atoms with van der Waals surface area (Å²) in [5.41, 5.74) is 2.30. The smallest absolute Gasteiger partial charge is 0.255 e. The summed E-state index contributed by atoms with van der Waals surface area (Å²) in [6.45, 7) is 1.79. The summed E-state index contributed by atoms with van der Waals surface area (Å²) in [7, 11) is 0. The van der Waals surface area contributed by atoms with Gasteiger partial charge in [-0.25, -0.2) is 0 Å². The molecule has 2 aromatic heterocycles. The first-order valence-electron chi connectivity index (χ1n) is 8.98. The van der Waals surface area contributed by atoms with Crippen molar-refractivity contribution in [3.63, 3.8) is 0 Å². The van der Waals surface area contributed by atoms with Crippen molar-refractivity contribution in [2.75, 3.05) is 19.8 Å². The lowest BCUT2D eigenvalue weighted by Gasteiger charge is -2.29. The number of rotatable bonds is 2. The third kappa shape index (κ3) is 2.68. The van der Waals surface area contributed by atoms with E-state index < -0.39 is 0 Å². The molecule has 2 aliphatic heterocycles. The number of fused-ring (bicyclic) bond motifs is 2. The normalized spacial score (nSPS) is 18.8. The van der Waals surface area contributed by atoms with Crippen LogP contribution in [0.5, 0.6) is 11.5 Å². The number of nitrogens with zero attached hydrogens (tertiary/aromatic N) is 3. The number of aromatic amines is 1. The second kappa shape index (κ2) is 6.38. The van der Waals surface area contributed by atoms with Gasteiger partial charge in [-0.3, -0.25) is 14.3 Å². The van der Waals surface area contributed by atoms with Gasteiger partial charge >= 0.3 is 0 Å². The van der Waals surface area contributed by atoms with Gasteiger partial charge in [-0.2, -0.15) is 5.10 Å². The highest BCUT2D eigenvalue weighted by molar-refractivity contribution is 7.71. The van der Waals surface area contributed by atoms with Crippen LogP contribution in [0.3, 0.4) is 0 Å². The summed E-state index contributed by atoms with van der Waals surface area (Å²) in [6.07, 6.45) is 3.60. The molecule has 7 nitrogen and oxygen atoms in total. The standard InChI is InChI=1S/C19H18N4O3S/c24-18(12-6-7-16-20-21-19(27)23(16)11-12)22-8-2-4-14(22)13-3-1-5-15-17(13)26-10-9-25-15/h1,3,5-7,11,14H,2,4,8-10H2,(H,21,27)/t14-/m0/s1. The Hall–Kier alpha value is -2.87. The Morgan fingerprint density at radius 3 is 3.04 bits per heavy atom. The van der Waals surface area contributed by atoms with Gasteiger partial charge in [-0.15, -0.1) is 0 Å². The highest BCUT2D eigenvalue weighted by atomic mass is 32.1. The molecule has 0 bridgehead atoms. The van der Waals surface area contributed by atoms with E-state index in [4.69, 9.17) is 21.7 Å². The van der Waals surface area contributed by atoms with E-state index in [0.717, 1.165) is 29.9 Å². The predicted molar refractivity (Wildman–Crippen MR) is 101 cm³/mol. The zero-order chi connectivity index (χ0) is 18.4. The van der Waals surface area contributed by atoms with Crippen molar-refractivity contribution in [3.05, 3.63) is 52.4 Å². The van der Waals surface area contributed by atoms with Crippen LogP contribution in [0.15, 0.2) is 36.5 Å². The summed E-state index contributed by atoms with van der Waals surface area (Å²) < 4.78 is 13.8. The van der Waals surface area contributed by atoms with E-state index in [1.165, 1.54) is 0 Å². The van der Waals surface area contributed by atoms with E-state index in [1.807, 2.05) is 23.1 Å². The van der Waals surface area contributed by atoms with Crippen molar-refractivity contribution in [2.45, 2.75) is 18.9 Å². The van der Waals surface area contributed by atoms with E-state index in [-0.39, 0.29) is 11.9 Å². The van der Waals surface area contributed by atoms with Gasteiger partial charge in [0.2, 0.25) is 0 Å². The number of carbonyl (C=O) groups is 1. The number of carbonyl (C=O) groups excluding carboxylic acids is 1. The molecule has 1 atom stereocenters. The molecule has 2 aliphatic rings. The number of H-pyrrole nitrogens is 1. The average Bonchev–Trinajstić information content (AvgIpc) is 3.34. The molecule has 4 heterocycles. The van der Waals surface area contributed by atoms with Crippen LogP contribution in [0.25, 0.3) is 5.65 Å². The number of aromatic nitrogens is 3. The van der Waals surface area contributed by atoms with E-state index in [0.29, 0.717) is 35.7 Å². The Labute approximate surface area is 160 Å². The summed E-state index contributed by atoms with van der Waals surface area (Å²) in [5.74, 6) is 1.50. The Bertz CT molecular complexity index is 1090. The van der Waals surface area contributed by atoms with Crippen molar-refractivity contribution in [2.24, 2.45) is 0 Å². The van der Waals surface area contributed by atoms with Gasteiger partial charge in [0.15, 0.2) is 21.9 Å². The van der Waals surface area contributed by atoms with Crippen molar-refractivity contribution in [3.8, 4) is 11.5 Å². The van der Waals surface area contributed by atoms with Crippen molar-refractivity contribution in [1.82, 2.24) is 19.5 Å². The fraction of sp³-hybridized carbons (Fsp3) is 0.316. The fourth-order valence-electron chi connectivity index (χ4n) is 3.89. The average molecular weight is 382 g/mol. The van der Waals surface area contributed by atoms with Gasteiger partial charge in [0, 0.05) is 18.3 Å². The molecule has 0 radical (unpaired) electrons. The first-order valence-corrected chi connectivity index (χ1v) is 9.39. The zero-order valence-electron chi connectivity index (χ0n) is 14.6. The van der Waals surface area contributed by atoms with E-state index in [2.05, 4.69) is 10.2 Å². The predicted octanol–water partition coefficient (Wildman–Crippen LogP) is 3.14. The van der Waals surface area contributed by atoms with E-state index in [1.54, 1.807) is 22.7 Å². The molecule has 138 valence electrons. The Morgan fingerprint density at radius 1 is 1.22 bits per heavy atom. The molecule has 8 heteroatoms. The number of amides is 1. The molecular formula is C19H18N4O3S. The van der Waals surface area contributed by atoms with Gasteiger partial charge in [-0.05, 0) is 43.3 Å². The summed E-state index contributed by atoms with van der Waals surface area (Å²) in [5, 5.41) is 6.86. The van der Waals surface area contributed by atoms with Gasteiger partial charge in [0.1, 0.15) is 13.2 Å². The molecule has 5 rings (SSSR count). The number of benzene rings is 1. The fourth-order valence-corrected chi connectivity index (χ4v) is 4.08. The monoisotopic (exact) mass is 382 g/mol. The highest BCUT2D eigenvalue weighted by Gasteiger charge is 2.34. The third-order valence-electron chi connectivity index (χ3n) is 5.13. The van der Waals surface area contributed by atoms with Crippen LogP contribution in [0, 0.1) is 4.77 Å². The topological polar surface area (TPSA) is 71.9 Å². The number of ether oxygens (including phenoxy) is 2. The van der Waals surface area contributed by atoms with Crippen LogP contribution in [-0.2, 0) is 0 Å². The Morgan fingerprint density at radius 2 is 2.11 bits per heavy atom. The minimum Gasteiger partial charge on any atom is -0.486 e. The molecule has 0 unspecified atom stereocenters. The number of pyridine rings is 1. The lowest BCUT2D eigenvalue weighted by atomic mass is 10.0. The maximum atomic E-state index is 13.3. The van der Waals surface area contributed by atoms with Crippen LogP contribution < -0.4 is 9.47 Å². The van der Waals surface area contributed by atoms with E-state index in [9.17, 15) is 4.79 Å². The lowest BCUT2D eigenvalue weighted by molar-refractivity contribution is 0.0730. The van der Waals surface area contributed by atoms with Crippen molar-refractivity contribution < 1.29 is 14.3 Å². The molecular weight excluding hydrogens is 364 g/mol. The second-order valence-electron chi connectivity index (χ2n) is 6.70. The molecule has 1 saturated heterocycles. The van der Waals surface area contributed by atoms with Crippen LogP contribution >= 0.6 is 12.2 Å². The number of hydrogen-bond donors (Lipinski definition) is 1. The number of likely N-dealkylation sites (tertiary alicyclic amines) is 1. The van der Waals surface area contributed by atoms with Crippen LogP contribution in [0.1, 0.15) is 34.8 Å².